The van der Waals surface area contributed by atoms with Gasteiger partial charge < -0.3 is 10.6 Å². The van der Waals surface area contributed by atoms with Gasteiger partial charge in [0, 0.05) is 18.9 Å². The molecule has 2 N–H and O–H groups in total. The molecule has 1 aromatic rings. The first kappa shape index (κ1) is 12.8. The van der Waals surface area contributed by atoms with Crippen molar-refractivity contribution in [1.82, 2.24) is 9.80 Å². The topological polar surface area (TPSA) is 32.5 Å². The third-order valence-electron chi connectivity index (χ3n) is 2.87. The SMILES string of the molecule is CCN1C=CN(C(N)=S)C1c1c(F)cccc1F. The number of halogens is 2. The molecule has 1 unspecified atom stereocenters. The van der Waals surface area contributed by atoms with Gasteiger partial charge in [-0.15, -0.1) is 0 Å². The highest BCUT2D eigenvalue weighted by Crippen LogP contribution is 2.33. The van der Waals surface area contributed by atoms with E-state index in [1.807, 2.05) is 6.92 Å². The maximum absolute atomic E-state index is 13.8. The lowest BCUT2D eigenvalue weighted by Crippen LogP contribution is -2.38. The average molecular weight is 269 g/mol. The molecule has 6 heteroatoms. The predicted octanol–water partition coefficient (Wildman–Crippen LogP) is 2.32. The summed E-state index contributed by atoms with van der Waals surface area (Å²) in [7, 11) is 0. The van der Waals surface area contributed by atoms with E-state index >= 15 is 0 Å². The van der Waals surface area contributed by atoms with Crippen LogP contribution in [0.15, 0.2) is 30.6 Å². The number of hydrogen-bond donors (Lipinski definition) is 1. The molecule has 0 saturated carbocycles. The van der Waals surface area contributed by atoms with Gasteiger partial charge in [-0.2, -0.15) is 0 Å². The van der Waals surface area contributed by atoms with E-state index in [1.54, 1.807) is 17.3 Å². The van der Waals surface area contributed by atoms with Gasteiger partial charge in [0.15, 0.2) is 5.11 Å². The first-order valence-corrected chi connectivity index (χ1v) is 5.92. The smallest absolute Gasteiger partial charge is 0.172 e. The number of hydrogen-bond acceptors (Lipinski definition) is 2. The molecule has 0 saturated heterocycles. The summed E-state index contributed by atoms with van der Waals surface area (Å²) >= 11 is 4.90. The molecule has 0 fully saturated rings. The third kappa shape index (κ3) is 2.03. The monoisotopic (exact) mass is 269 g/mol. The van der Waals surface area contributed by atoms with Crippen molar-refractivity contribution in [2.45, 2.75) is 13.1 Å². The summed E-state index contributed by atoms with van der Waals surface area (Å²) in [4.78, 5) is 3.24. The highest BCUT2D eigenvalue weighted by Gasteiger charge is 2.32. The summed E-state index contributed by atoms with van der Waals surface area (Å²) in [5, 5.41) is 0.0786. The van der Waals surface area contributed by atoms with E-state index in [0.717, 1.165) is 0 Å². The van der Waals surface area contributed by atoms with Crippen molar-refractivity contribution in [3.05, 3.63) is 47.8 Å². The Morgan fingerprint density at radius 2 is 1.94 bits per heavy atom. The van der Waals surface area contributed by atoms with Crippen LogP contribution in [0.4, 0.5) is 8.78 Å². The zero-order valence-electron chi connectivity index (χ0n) is 9.81. The van der Waals surface area contributed by atoms with Crippen molar-refractivity contribution >= 4 is 17.3 Å². The maximum Gasteiger partial charge on any atom is 0.172 e. The van der Waals surface area contributed by atoms with Gasteiger partial charge in [0.25, 0.3) is 0 Å². The number of thiocarbonyl (C=S) groups is 1. The lowest BCUT2D eigenvalue weighted by atomic mass is 10.1. The van der Waals surface area contributed by atoms with Gasteiger partial charge in [-0.3, -0.25) is 4.90 Å². The first-order valence-electron chi connectivity index (χ1n) is 5.52. The number of nitrogens with zero attached hydrogens (tertiary/aromatic N) is 2. The fourth-order valence-electron chi connectivity index (χ4n) is 2.01. The van der Waals surface area contributed by atoms with E-state index < -0.39 is 17.8 Å². The second-order valence-corrected chi connectivity index (χ2v) is 4.30. The second kappa shape index (κ2) is 4.89. The zero-order valence-corrected chi connectivity index (χ0v) is 10.6. The second-order valence-electron chi connectivity index (χ2n) is 3.88. The van der Waals surface area contributed by atoms with Crippen LogP contribution in [-0.2, 0) is 0 Å². The molecule has 1 aliphatic rings. The Morgan fingerprint density at radius 1 is 1.33 bits per heavy atom. The van der Waals surface area contributed by atoms with Crippen molar-refractivity contribution in [3.63, 3.8) is 0 Å². The number of nitrogens with two attached hydrogens (primary N) is 1. The Balaban J connectivity index is 2.49. The van der Waals surface area contributed by atoms with Gasteiger partial charge in [0.1, 0.15) is 17.8 Å². The molecule has 1 heterocycles. The molecular formula is C12H13F2N3S. The van der Waals surface area contributed by atoms with Crippen LogP contribution in [0.3, 0.4) is 0 Å². The summed E-state index contributed by atoms with van der Waals surface area (Å²) in [6.45, 7) is 2.48. The molecular weight excluding hydrogens is 256 g/mol. The number of rotatable bonds is 2. The summed E-state index contributed by atoms with van der Waals surface area (Å²) in [6.07, 6.45) is 2.69. The largest absolute Gasteiger partial charge is 0.376 e. The third-order valence-corrected chi connectivity index (χ3v) is 3.08. The summed E-state index contributed by atoms with van der Waals surface area (Å²) in [6, 6.07) is 3.78. The van der Waals surface area contributed by atoms with E-state index in [9.17, 15) is 8.78 Å². The van der Waals surface area contributed by atoms with Gasteiger partial charge >= 0.3 is 0 Å². The molecule has 1 aromatic carbocycles. The fraction of sp³-hybridized carbons (Fsp3) is 0.250. The highest BCUT2D eigenvalue weighted by molar-refractivity contribution is 7.80. The van der Waals surface area contributed by atoms with Crippen molar-refractivity contribution in [1.29, 1.82) is 0 Å². The maximum atomic E-state index is 13.8. The van der Waals surface area contributed by atoms with Crippen LogP contribution < -0.4 is 5.73 Å². The van der Waals surface area contributed by atoms with Crippen molar-refractivity contribution in [2.75, 3.05) is 6.54 Å². The Kier molecular flexibility index (Phi) is 3.47. The van der Waals surface area contributed by atoms with Crippen LogP contribution in [0, 0.1) is 11.6 Å². The van der Waals surface area contributed by atoms with Crippen molar-refractivity contribution < 1.29 is 8.78 Å². The molecule has 96 valence electrons. The molecule has 0 bridgehead atoms. The standard InChI is InChI=1S/C12H13F2N3S/c1-2-16-6-7-17(12(15)18)11(16)10-8(13)4-3-5-9(10)14/h3-7,11H,2H2,1H3,(H2,15,18). The lowest BCUT2D eigenvalue weighted by molar-refractivity contribution is 0.209. The highest BCUT2D eigenvalue weighted by atomic mass is 32.1. The normalized spacial score (nSPS) is 18.5. The Hall–Kier alpha value is -1.69. The molecule has 18 heavy (non-hydrogen) atoms. The van der Waals surface area contributed by atoms with Crippen molar-refractivity contribution in [2.24, 2.45) is 5.73 Å². The van der Waals surface area contributed by atoms with E-state index in [2.05, 4.69) is 0 Å². The Labute approximate surface area is 109 Å². The van der Waals surface area contributed by atoms with E-state index in [1.165, 1.54) is 23.1 Å². The summed E-state index contributed by atoms with van der Waals surface area (Å²) < 4.78 is 27.7. The average Bonchev–Trinajstić information content (AvgIpc) is 2.72. The van der Waals surface area contributed by atoms with Gasteiger partial charge in [-0.1, -0.05) is 6.07 Å². The van der Waals surface area contributed by atoms with Gasteiger partial charge in [-0.05, 0) is 31.3 Å². The zero-order chi connectivity index (χ0) is 13.3. The van der Waals surface area contributed by atoms with Crippen LogP contribution in [-0.4, -0.2) is 21.5 Å². The van der Waals surface area contributed by atoms with Gasteiger partial charge in [0.05, 0.1) is 5.56 Å². The molecule has 1 atom stereocenters. The molecule has 1 aliphatic heterocycles. The molecule has 0 amide bonds. The minimum atomic E-state index is -0.659. The van der Waals surface area contributed by atoms with Crippen LogP contribution in [0.25, 0.3) is 0 Å². The molecule has 0 spiro atoms. The molecule has 0 radical (unpaired) electrons. The molecule has 0 aromatic heterocycles. The Morgan fingerprint density at radius 3 is 2.44 bits per heavy atom. The fourth-order valence-corrected chi connectivity index (χ4v) is 2.18. The lowest BCUT2D eigenvalue weighted by Gasteiger charge is -2.31. The summed E-state index contributed by atoms with van der Waals surface area (Å²) in [5.74, 6) is -1.22. The number of benzene rings is 1. The van der Waals surface area contributed by atoms with Crippen LogP contribution in [0.1, 0.15) is 18.7 Å². The van der Waals surface area contributed by atoms with Crippen molar-refractivity contribution in [3.8, 4) is 0 Å². The van der Waals surface area contributed by atoms with Crippen LogP contribution >= 0.6 is 12.2 Å². The predicted molar refractivity (Wildman–Crippen MR) is 69.2 cm³/mol. The minimum absolute atomic E-state index is 0.0443. The molecule has 3 nitrogen and oxygen atoms in total. The first-order chi connectivity index (χ1) is 8.56. The quantitative estimate of drug-likeness (QED) is 0.835. The summed E-state index contributed by atoms with van der Waals surface area (Å²) in [5.41, 5.74) is 5.53. The van der Waals surface area contributed by atoms with E-state index in [-0.39, 0.29) is 10.7 Å². The minimum Gasteiger partial charge on any atom is -0.376 e. The molecule has 2 rings (SSSR count). The Bertz CT molecular complexity index is 484. The van der Waals surface area contributed by atoms with E-state index in [4.69, 9.17) is 18.0 Å². The van der Waals surface area contributed by atoms with Gasteiger partial charge in [0.2, 0.25) is 0 Å². The van der Waals surface area contributed by atoms with Gasteiger partial charge in [-0.25, -0.2) is 8.78 Å². The molecule has 0 aliphatic carbocycles. The van der Waals surface area contributed by atoms with Crippen LogP contribution in [0.2, 0.25) is 0 Å². The van der Waals surface area contributed by atoms with Crippen LogP contribution in [0.5, 0.6) is 0 Å². The van der Waals surface area contributed by atoms with E-state index in [0.29, 0.717) is 6.54 Å².